The first kappa shape index (κ1) is 34.0. The van der Waals surface area contributed by atoms with Crippen molar-refractivity contribution in [3.05, 3.63) is 76.9 Å². The van der Waals surface area contributed by atoms with Crippen LogP contribution in [0.3, 0.4) is 0 Å². The zero-order valence-corrected chi connectivity index (χ0v) is 28.7. The molecule has 1 aliphatic heterocycles. The van der Waals surface area contributed by atoms with Gasteiger partial charge < -0.3 is 34.1 Å². The lowest BCUT2D eigenvalue weighted by molar-refractivity contribution is -0.142. The van der Waals surface area contributed by atoms with E-state index in [2.05, 4.69) is 12.2 Å². The molecule has 3 aromatic carbocycles. The molecule has 0 saturated heterocycles. The Kier molecular flexibility index (Phi) is 11.3. The molecule has 2 N–H and O–H groups in total. The molecule has 8 heteroatoms. The van der Waals surface area contributed by atoms with Crippen LogP contribution >= 0.6 is 0 Å². The summed E-state index contributed by atoms with van der Waals surface area (Å²) < 4.78 is 28.1. The Morgan fingerprint density at radius 1 is 0.750 bits per heavy atom. The number of aliphatic carboxylic acids is 1. The van der Waals surface area contributed by atoms with Crippen molar-refractivity contribution < 1.29 is 33.6 Å². The summed E-state index contributed by atoms with van der Waals surface area (Å²) in [6.45, 7) is 2.77. The number of carboxylic acid groups (broad SMARTS) is 1. The lowest BCUT2D eigenvalue weighted by Gasteiger charge is -2.30. The third-order valence-corrected chi connectivity index (χ3v) is 10.4. The van der Waals surface area contributed by atoms with Gasteiger partial charge in [0.2, 0.25) is 6.79 Å². The van der Waals surface area contributed by atoms with Gasteiger partial charge in [0.15, 0.2) is 11.5 Å². The van der Waals surface area contributed by atoms with Gasteiger partial charge >= 0.3 is 5.97 Å². The maximum Gasteiger partial charge on any atom is 0.308 e. The normalized spacial score (nSPS) is 21.9. The predicted octanol–water partition coefficient (Wildman–Crippen LogP) is 8.44. The van der Waals surface area contributed by atoms with Gasteiger partial charge in [-0.1, -0.05) is 63.6 Å². The molecule has 0 radical (unpaired) electrons. The van der Waals surface area contributed by atoms with Crippen LogP contribution in [0.1, 0.15) is 112 Å². The molecule has 2 saturated carbocycles. The summed E-state index contributed by atoms with van der Waals surface area (Å²) in [6.07, 6.45) is 15.4. The quantitative estimate of drug-likeness (QED) is 0.224. The van der Waals surface area contributed by atoms with Crippen LogP contribution in [-0.4, -0.2) is 50.8 Å². The molecular formula is C40H51NO7. The molecule has 4 aliphatic rings. The van der Waals surface area contributed by atoms with E-state index < -0.39 is 23.7 Å². The number of fused-ring (bicyclic) bond motifs is 2. The Bertz CT molecular complexity index is 1490. The standard InChI is InChI=1S/C28H28O7.C12H23N/c1-4-11-33-18-9-10-19-20(12-18)25(16-5-7-17(31-2)8-6-16)27(28(29)30)26(19)21-13-23-24(35-15-34-23)14-22(21)32-3;1-3-7-11(8-4-1)13-12-9-5-2-6-10-12/h5-10,12-14,25-27H,4,11,15H2,1-3H3,(H,29,30);11-13H,1-10H2. The van der Waals surface area contributed by atoms with Crippen LogP contribution in [0.5, 0.6) is 28.7 Å². The topological polar surface area (TPSA) is 95.5 Å². The van der Waals surface area contributed by atoms with Crippen LogP contribution in [0, 0.1) is 5.92 Å². The summed E-state index contributed by atoms with van der Waals surface area (Å²) in [5.41, 5.74) is 3.51. The largest absolute Gasteiger partial charge is 0.497 e. The maximum absolute atomic E-state index is 12.9. The Labute approximate surface area is 285 Å². The molecule has 0 bridgehead atoms. The van der Waals surface area contributed by atoms with Gasteiger partial charge in [0.05, 0.1) is 26.7 Å². The summed E-state index contributed by atoms with van der Waals surface area (Å²) in [7, 11) is 3.19. The highest BCUT2D eigenvalue weighted by molar-refractivity contribution is 5.78. The molecule has 7 rings (SSSR count). The van der Waals surface area contributed by atoms with Crippen molar-refractivity contribution in [1.82, 2.24) is 5.32 Å². The molecule has 8 nitrogen and oxygen atoms in total. The second-order valence-electron chi connectivity index (χ2n) is 13.5. The second-order valence-corrected chi connectivity index (χ2v) is 13.5. The highest BCUT2D eigenvalue weighted by atomic mass is 16.7. The number of nitrogens with one attached hydrogen (secondary N) is 1. The van der Waals surface area contributed by atoms with Crippen molar-refractivity contribution in [2.75, 3.05) is 27.6 Å². The highest BCUT2D eigenvalue weighted by Gasteiger charge is 2.48. The molecule has 258 valence electrons. The van der Waals surface area contributed by atoms with Crippen molar-refractivity contribution >= 4 is 5.97 Å². The van der Waals surface area contributed by atoms with Gasteiger partial charge in [-0.05, 0) is 79.1 Å². The molecule has 3 aromatic rings. The van der Waals surface area contributed by atoms with Crippen LogP contribution in [0.25, 0.3) is 0 Å². The molecule has 48 heavy (non-hydrogen) atoms. The average molecular weight is 658 g/mol. The number of carbonyl (C=O) groups is 1. The third-order valence-electron chi connectivity index (χ3n) is 10.4. The fourth-order valence-corrected chi connectivity index (χ4v) is 8.07. The van der Waals surface area contributed by atoms with Crippen molar-refractivity contribution in [3.8, 4) is 28.7 Å². The third kappa shape index (κ3) is 7.54. The van der Waals surface area contributed by atoms with Crippen LogP contribution in [-0.2, 0) is 4.79 Å². The maximum atomic E-state index is 12.9. The Morgan fingerprint density at radius 2 is 1.38 bits per heavy atom. The SMILES string of the molecule is C1CCC(NC2CCCCC2)CC1.CCCOc1ccc2c(c1)C(c1ccc(OC)cc1)C(C(=O)O)C2c1cc2c(cc1OC)OCO2. The Hall–Kier alpha value is -3.91. The number of methoxy groups -OCH3 is 2. The number of rotatable bonds is 10. The van der Waals surface area contributed by atoms with E-state index in [9.17, 15) is 9.90 Å². The first-order valence-corrected chi connectivity index (χ1v) is 17.9. The van der Waals surface area contributed by atoms with Gasteiger partial charge in [0.1, 0.15) is 17.2 Å². The van der Waals surface area contributed by atoms with Gasteiger partial charge in [-0.15, -0.1) is 0 Å². The number of benzene rings is 3. The smallest absolute Gasteiger partial charge is 0.308 e. The van der Waals surface area contributed by atoms with Gasteiger partial charge in [0.25, 0.3) is 0 Å². The van der Waals surface area contributed by atoms with E-state index >= 15 is 0 Å². The van der Waals surface area contributed by atoms with E-state index in [1.165, 1.54) is 64.2 Å². The molecular weight excluding hydrogens is 606 g/mol. The van der Waals surface area contributed by atoms with E-state index in [-0.39, 0.29) is 6.79 Å². The molecule has 0 aromatic heterocycles. The van der Waals surface area contributed by atoms with E-state index in [0.29, 0.717) is 29.6 Å². The number of hydrogen-bond donors (Lipinski definition) is 2. The van der Waals surface area contributed by atoms with E-state index in [1.54, 1.807) is 20.3 Å². The average Bonchev–Trinajstić information content (AvgIpc) is 3.73. The van der Waals surface area contributed by atoms with Crippen molar-refractivity contribution in [2.24, 2.45) is 5.92 Å². The van der Waals surface area contributed by atoms with Crippen molar-refractivity contribution in [1.29, 1.82) is 0 Å². The zero-order chi connectivity index (χ0) is 33.5. The lowest BCUT2D eigenvalue weighted by atomic mass is 9.79. The van der Waals surface area contributed by atoms with Crippen molar-refractivity contribution in [2.45, 2.75) is 101 Å². The summed E-state index contributed by atoms with van der Waals surface area (Å²) in [4.78, 5) is 12.9. The van der Waals surface area contributed by atoms with Gasteiger partial charge in [-0.2, -0.15) is 0 Å². The fraction of sp³-hybridized carbons (Fsp3) is 0.525. The molecule has 0 amide bonds. The minimum Gasteiger partial charge on any atom is -0.497 e. The van der Waals surface area contributed by atoms with E-state index in [4.69, 9.17) is 23.7 Å². The van der Waals surface area contributed by atoms with Gasteiger partial charge in [-0.3, -0.25) is 4.79 Å². The van der Waals surface area contributed by atoms with E-state index in [1.807, 2.05) is 48.5 Å². The fourth-order valence-electron chi connectivity index (χ4n) is 8.07. The molecule has 0 spiro atoms. The summed E-state index contributed by atoms with van der Waals surface area (Å²) in [5.74, 6) is 0.681. The highest BCUT2D eigenvalue weighted by Crippen LogP contribution is 2.56. The minimum atomic E-state index is -0.886. The molecule has 3 aliphatic carbocycles. The zero-order valence-electron chi connectivity index (χ0n) is 28.7. The van der Waals surface area contributed by atoms with Crippen LogP contribution in [0.15, 0.2) is 54.6 Å². The number of carboxylic acids is 1. The molecule has 3 unspecified atom stereocenters. The summed E-state index contributed by atoms with van der Waals surface area (Å²) in [5, 5.41) is 14.4. The first-order chi connectivity index (χ1) is 23.5. The molecule has 3 atom stereocenters. The minimum absolute atomic E-state index is 0.123. The van der Waals surface area contributed by atoms with Gasteiger partial charge in [0, 0.05) is 35.5 Å². The molecule has 2 fully saturated rings. The Morgan fingerprint density at radius 3 is 1.96 bits per heavy atom. The summed E-state index contributed by atoms with van der Waals surface area (Å²) >= 11 is 0. The lowest BCUT2D eigenvalue weighted by Crippen LogP contribution is -2.40. The number of hydrogen-bond acceptors (Lipinski definition) is 7. The summed E-state index contributed by atoms with van der Waals surface area (Å²) in [6, 6.07) is 18.8. The van der Waals surface area contributed by atoms with Crippen LogP contribution in [0.2, 0.25) is 0 Å². The predicted molar refractivity (Wildman–Crippen MR) is 186 cm³/mol. The van der Waals surface area contributed by atoms with Crippen LogP contribution < -0.4 is 29.0 Å². The van der Waals surface area contributed by atoms with Crippen LogP contribution in [0.4, 0.5) is 0 Å². The van der Waals surface area contributed by atoms with Gasteiger partial charge in [-0.25, -0.2) is 0 Å². The van der Waals surface area contributed by atoms with E-state index in [0.717, 1.165) is 46.5 Å². The first-order valence-electron chi connectivity index (χ1n) is 17.9. The van der Waals surface area contributed by atoms with Crippen molar-refractivity contribution in [3.63, 3.8) is 0 Å². The molecule has 1 heterocycles. The monoisotopic (exact) mass is 657 g/mol. The second kappa shape index (κ2) is 16.0. The Balaban J connectivity index is 0.000000257. The number of ether oxygens (including phenoxy) is 5.